The highest BCUT2D eigenvalue weighted by molar-refractivity contribution is 6.02. The van der Waals surface area contributed by atoms with Crippen LogP contribution in [0.5, 0.6) is 0 Å². The molecule has 12 heteroatoms. The lowest BCUT2D eigenvalue weighted by atomic mass is 9.98. The second-order valence-electron chi connectivity index (χ2n) is 9.68. The van der Waals surface area contributed by atoms with Crippen LogP contribution in [-0.2, 0) is 30.5 Å². The Morgan fingerprint density at radius 1 is 1.24 bits per heavy atom. The third kappa shape index (κ3) is 4.79. The Bertz CT molecular complexity index is 1260. The number of amides is 3. The van der Waals surface area contributed by atoms with Crippen molar-refractivity contribution in [1.82, 2.24) is 15.1 Å². The number of anilines is 1. The number of carbonyl (C=O) groups is 4. The summed E-state index contributed by atoms with van der Waals surface area (Å²) in [6, 6.07) is 3.66. The molecule has 1 aliphatic carbocycles. The predicted octanol–water partition coefficient (Wildman–Crippen LogP) is -0.0275. The van der Waals surface area contributed by atoms with E-state index in [2.05, 4.69) is 10.6 Å². The lowest BCUT2D eigenvalue weighted by molar-refractivity contribution is -0.167. The molecule has 0 spiro atoms. The smallest absolute Gasteiger partial charge is 0.326 e. The average molecular weight is 524 g/mol. The second-order valence-corrected chi connectivity index (χ2v) is 9.68. The number of fused-ring (bicyclic) bond motifs is 1. The molecule has 3 amide bonds. The van der Waals surface area contributed by atoms with Crippen molar-refractivity contribution in [2.45, 2.75) is 50.1 Å². The molecule has 1 unspecified atom stereocenters. The van der Waals surface area contributed by atoms with Gasteiger partial charge < -0.3 is 35.4 Å². The maximum Gasteiger partial charge on any atom is 0.326 e. The zero-order valence-electron chi connectivity index (χ0n) is 20.6. The maximum absolute atomic E-state index is 13.3. The van der Waals surface area contributed by atoms with Crippen molar-refractivity contribution in [1.29, 1.82) is 5.41 Å². The molecule has 0 saturated carbocycles. The minimum atomic E-state index is -1.76. The SMILES string of the molecule is N=C1NCc2cc(NC(=O)[C@H](O)[C@H]3OCCN(C4C=C(C(=O)N5CCC[C@H]5C(=O)O)C=CC4)C3=O)ccc21. The van der Waals surface area contributed by atoms with Gasteiger partial charge in [-0.25, -0.2) is 4.79 Å². The van der Waals surface area contributed by atoms with Crippen LogP contribution in [0.15, 0.2) is 42.0 Å². The molecule has 0 radical (unpaired) electrons. The summed E-state index contributed by atoms with van der Waals surface area (Å²) >= 11 is 0. The standard InChI is InChI=1S/C26H29N5O7/c27-22-18-7-6-16(11-15(18)13-28-22)29-23(33)20(32)21-25(35)30(9-10-38-21)17-4-1-3-14(12-17)24(34)31-8-2-5-19(31)26(36)37/h1,3,6-7,11-12,17,19-21,32H,2,4-5,8-10,13H2,(H2,27,28)(H,29,33)(H,36,37)/t17?,19-,20+,21+/m0/s1. The van der Waals surface area contributed by atoms with Crippen molar-refractivity contribution in [3.8, 4) is 0 Å². The largest absolute Gasteiger partial charge is 0.480 e. The third-order valence-electron chi connectivity index (χ3n) is 7.30. The summed E-state index contributed by atoms with van der Waals surface area (Å²) in [5, 5.41) is 33.5. The molecule has 0 bridgehead atoms. The summed E-state index contributed by atoms with van der Waals surface area (Å²) in [6.45, 7) is 1.13. The Kier molecular flexibility index (Phi) is 7.00. The molecular formula is C26H29N5O7. The van der Waals surface area contributed by atoms with Crippen LogP contribution >= 0.6 is 0 Å². The maximum atomic E-state index is 13.3. The highest BCUT2D eigenvalue weighted by atomic mass is 16.5. The molecular weight excluding hydrogens is 494 g/mol. The summed E-state index contributed by atoms with van der Waals surface area (Å²) < 4.78 is 5.50. The zero-order chi connectivity index (χ0) is 27.0. The molecule has 4 aliphatic rings. The Morgan fingerprint density at radius 3 is 2.84 bits per heavy atom. The highest BCUT2D eigenvalue weighted by Gasteiger charge is 2.42. The van der Waals surface area contributed by atoms with Crippen LogP contribution in [0, 0.1) is 5.41 Å². The first kappa shape index (κ1) is 25.6. The Hall–Kier alpha value is -4.03. The summed E-state index contributed by atoms with van der Waals surface area (Å²) in [6.07, 6.45) is 3.29. The molecule has 0 aromatic heterocycles. The first-order valence-corrected chi connectivity index (χ1v) is 12.5. The molecule has 38 heavy (non-hydrogen) atoms. The zero-order valence-corrected chi connectivity index (χ0v) is 20.6. The Morgan fingerprint density at radius 2 is 2.05 bits per heavy atom. The number of aliphatic carboxylic acids is 1. The second kappa shape index (κ2) is 10.4. The van der Waals surface area contributed by atoms with Gasteiger partial charge in [0.05, 0.1) is 12.6 Å². The van der Waals surface area contributed by atoms with Crippen LogP contribution in [-0.4, -0.2) is 93.5 Å². The number of benzene rings is 1. The number of carbonyl (C=O) groups excluding carboxylic acids is 3. The lowest BCUT2D eigenvalue weighted by Gasteiger charge is -2.38. The van der Waals surface area contributed by atoms with Gasteiger partial charge in [0.1, 0.15) is 11.9 Å². The quantitative estimate of drug-likeness (QED) is 0.346. The molecule has 1 aromatic rings. The summed E-state index contributed by atoms with van der Waals surface area (Å²) in [5.41, 5.74) is 2.31. The molecule has 1 aromatic carbocycles. The van der Waals surface area contributed by atoms with Crippen molar-refractivity contribution in [2.24, 2.45) is 0 Å². The Labute approximate surface area is 218 Å². The molecule has 200 valence electrons. The van der Waals surface area contributed by atoms with E-state index in [1.165, 1.54) is 9.80 Å². The van der Waals surface area contributed by atoms with Gasteiger partial charge in [-0.2, -0.15) is 0 Å². The minimum Gasteiger partial charge on any atom is -0.480 e. The number of amidine groups is 1. The average Bonchev–Trinajstić information content (AvgIpc) is 3.55. The van der Waals surface area contributed by atoms with E-state index in [9.17, 15) is 29.4 Å². The molecule has 3 heterocycles. The monoisotopic (exact) mass is 523 g/mol. The van der Waals surface area contributed by atoms with Gasteiger partial charge in [-0.3, -0.25) is 19.8 Å². The van der Waals surface area contributed by atoms with Gasteiger partial charge in [0.2, 0.25) is 0 Å². The van der Waals surface area contributed by atoms with E-state index >= 15 is 0 Å². The summed E-state index contributed by atoms with van der Waals surface area (Å²) in [5.74, 6) is -2.50. The number of ether oxygens (including phenoxy) is 1. The predicted molar refractivity (Wildman–Crippen MR) is 134 cm³/mol. The van der Waals surface area contributed by atoms with Gasteiger partial charge in [-0.05, 0) is 49.1 Å². The van der Waals surface area contributed by atoms with E-state index in [4.69, 9.17) is 10.1 Å². The molecule has 3 aliphatic heterocycles. The highest BCUT2D eigenvalue weighted by Crippen LogP contribution is 2.26. The van der Waals surface area contributed by atoms with E-state index < -0.39 is 48.0 Å². The number of carboxylic acids is 1. The first-order valence-electron chi connectivity index (χ1n) is 12.5. The van der Waals surface area contributed by atoms with E-state index in [1.807, 2.05) is 0 Å². The topological polar surface area (TPSA) is 172 Å². The van der Waals surface area contributed by atoms with Crippen LogP contribution in [0.3, 0.4) is 0 Å². The summed E-state index contributed by atoms with van der Waals surface area (Å²) in [4.78, 5) is 53.5. The number of hydrogen-bond donors (Lipinski definition) is 5. The van der Waals surface area contributed by atoms with Gasteiger partial charge in [0.15, 0.2) is 12.2 Å². The molecule has 2 saturated heterocycles. The van der Waals surface area contributed by atoms with Crippen molar-refractivity contribution < 1.29 is 34.1 Å². The first-order chi connectivity index (χ1) is 18.2. The van der Waals surface area contributed by atoms with Gasteiger partial charge in [-0.1, -0.05) is 12.2 Å². The number of nitrogens with one attached hydrogen (secondary N) is 3. The molecule has 12 nitrogen and oxygen atoms in total. The van der Waals surface area contributed by atoms with Crippen LogP contribution in [0.4, 0.5) is 5.69 Å². The number of carboxylic acid groups (broad SMARTS) is 1. The fraction of sp³-hybridized carbons (Fsp3) is 0.423. The van der Waals surface area contributed by atoms with Crippen LogP contribution in [0.25, 0.3) is 0 Å². The fourth-order valence-electron chi connectivity index (χ4n) is 5.33. The van der Waals surface area contributed by atoms with Gasteiger partial charge in [0.25, 0.3) is 17.7 Å². The minimum absolute atomic E-state index is 0.0952. The van der Waals surface area contributed by atoms with Crippen LogP contribution in [0.1, 0.15) is 30.4 Å². The molecule has 2 fully saturated rings. The van der Waals surface area contributed by atoms with E-state index in [-0.39, 0.29) is 13.2 Å². The van der Waals surface area contributed by atoms with Crippen molar-refractivity contribution in [2.75, 3.05) is 25.0 Å². The molecule has 5 N–H and O–H groups in total. The number of aliphatic hydroxyl groups excluding tert-OH is 1. The van der Waals surface area contributed by atoms with Crippen molar-refractivity contribution in [3.63, 3.8) is 0 Å². The van der Waals surface area contributed by atoms with Crippen LogP contribution < -0.4 is 10.6 Å². The van der Waals surface area contributed by atoms with E-state index in [0.717, 1.165) is 11.1 Å². The Balaban J connectivity index is 1.26. The van der Waals surface area contributed by atoms with Crippen LogP contribution in [0.2, 0.25) is 0 Å². The number of aliphatic hydroxyl groups is 1. The lowest BCUT2D eigenvalue weighted by Crippen LogP contribution is -2.57. The van der Waals surface area contributed by atoms with Gasteiger partial charge in [0, 0.05) is 36.5 Å². The number of rotatable bonds is 6. The fourth-order valence-corrected chi connectivity index (χ4v) is 5.33. The van der Waals surface area contributed by atoms with Gasteiger partial charge >= 0.3 is 5.97 Å². The normalized spacial score (nSPS) is 25.5. The van der Waals surface area contributed by atoms with Crippen molar-refractivity contribution in [3.05, 3.63) is 53.1 Å². The van der Waals surface area contributed by atoms with Crippen molar-refractivity contribution >= 4 is 35.2 Å². The number of likely N-dealkylation sites (tertiary alicyclic amines) is 1. The van der Waals surface area contributed by atoms with E-state index in [1.54, 1.807) is 36.4 Å². The number of nitrogens with zero attached hydrogens (tertiary/aromatic N) is 2. The summed E-state index contributed by atoms with van der Waals surface area (Å²) in [7, 11) is 0. The number of hydrogen-bond acceptors (Lipinski definition) is 7. The van der Waals surface area contributed by atoms with Gasteiger partial charge in [-0.15, -0.1) is 0 Å². The van der Waals surface area contributed by atoms with E-state index in [0.29, 0.717) is 49.4 Å². The molecule has 4 atom stereocenters. The molecule has 5 rings (SSSR count). The third-order valence-corrected chi connectivity index (χ3v) is 7.30. The number of morpholine rings is 1.